The normalized spacial score (nSPS) is 8.00. The number of nitrogens with one attached hydrogen (secondary N) is 1. The van der Waals surface area contributed by atoms with Crippen LogP contribution < -0.4 is 0 Å². The van der Waals surface area contributed by atoms with Gasteiger partial charge in [-0.2, -0.15) is 0 Å². The van der Waals surface area contributed by atoms with Crippen LogP contribution in [0.1, 0.15) is 5.69 Å². The van der Waals surface area contributed by atoms with Gasteiger partial charge in [-0.1, -0.05) is 6.08 Å². The number of rotatable bonds is 2. The molecule has 0 aliphatic rings. The first-order valence-corrected chi connectivity index (χ1v) is 2.66. The van der Waals surface area contributed by atoms with Crippen LogP contribution in [0.5, 0.6) is 0 Å². The van der Waals surface area contributed by atoms with Crippen LogP contribution in [-0.4, -0.2) is 4.98 Å². The zero-order chi connectivity index (χ0) is 5.82. The summed E-state index contributed by atoms with van der Waals surface area (Å²) in [5.41, 5.74) is 1.22. The van der Waals surface area contributed by atoms with Crippen LogP contribution in [0.15, 0.2) is 31.0 Å². The van der Waals surface area contributed by atoms with Crippen molar-refractivity contribution in [1.82, 2.24) is 4.98 Å². The molecule has 0 spiro atoms. The summed E-state index contributed by atoms with van der Waals surface area (Å²) in [6, 6.07) is 4.03. The second-order valence-electron chi connectivity index (χ2n) is 1.69. The minimum atomic E-state index is 0. The quantitative estimate of drug-likeness (QED) is 0.563. The van der Waals surface area contributed by atoms with Crippen LogP contribution in [0, 0.1) is 0 Å². The number of H-pyrrole nitrogens is 1. The summed E-state index contributed by atoms with van der Waals surface area (Å²) in [6.07, 6.45) is 4.73. The van der Waals surface area contributed by atoms with Gasteiger partial charge < -0.3 is 4.98 Å². The Labute approximate surface area is 67.9 Å². The van der Waals surface area contributed by atoms with Gasteiger partial charge in [0.2, 0.25) is 0 Å². The molecule has 1 aromatic heterocycles. The van der Waals surface area contributed by atoms with Gasteiger partial charge >= 0.3 is 0 Å². The van der Waals surface area contributed by atoms with E-state index >= 15 is 0 Å². The van der Waals surface area contributed by atoms with E-state index in [0.29, 0.717) is 0 Å². The molecule has 0 aliphatic heterocycles. The third kappa shape index (κ3) is 2.62. The van der Waals surface area contributed by atoms with Crippen molar-refractivity contribution in [3.63, 3.8) is 0 Å². The molecule has 0 saturated heterocycles. The monoisotopic (exact) mass is 209 g/mol. The Morgan fingerprint density at radius 1 is 1.67 bits per heavy atom. The topological polar surface area (TPSA) is 15.8 Å². The molecule has 1 rings (SSSR count). The fraction of sp³-hybridized carbons (Fsp3) is 0.143. The number of hydrogen-bond acceptors (Lipinski definition) is 0. The van der Waals surface area contributed by atoms with Crippen molar-refractivity contribution in [3.05, 3.63) is 36.7 Å². The summed E-state index contributed by atoms with van der Waals surface area (Å²) in [6.45, 7) is 3.62. The largest absolute Gasteiger partial charge is 0.365 e. The van der Waals surface area contributed by atoms with Gasteiger partial charge in [0.25, 0.3) is 0 Å². The zero-order valence-electron chi connectivity index (χ0n) is 5.08. The first-order chi connectivity index (χ1) is 3.93. The summed E-state index contributed by atoms with van der Waals surface area (Å²) >= 11 is 0. The Hall–Kier alpha value is -0.357. The van der Waals surface area contributed by atoms with Crippen molar-refractivity contribution in [3.8, 4) is 0 Å². The van der Waals surface area contributed by atoms with Gasteiger partial charge in [0.15, 0.2) is 0 Å². The minimum absolute atomic E-state index is 0. The van der Waals surface area contributed by atoms with Gasteiger partial charge in [0, 0.05) is 37.8 Å². The molecular weight excluding hydrogens is 199 g/mol. The van der Waals surface area contributed by atoms with E-state index in [1.807, 2.05) is 24.4 Å². The fourth-order valence-electron chi connectivity index (χ4n) is 0.650. The summed E-state index contributed by atoms with van der Waals surface area (Å²) in [4.78, 5) is 3.07. The van der Waals surface area contributed by atoms with E-state index < -0.39 is 0 Å². The van der Waals surface area contributed by atoms with Crippen LogP contribution in [0.25, 0.3) is 0 Å². The predicted molar refractivity (Wildman–Crippen MR) is 34.7 cm³/mol. The Balaban J connectivity index is 0.000000640. The minimum Gasteiger partial charge on any atom is -0.365 e. The molecule has 0 amide bonds. The van der Waals surface area contributed by atoms with E-state index in [4.69, 9.17) is 0 Å². The van der Waals surface area contributed by atoms with Crippen LogP contribution in [0.2, 0.25) is 0 Å². The summed E-state index contributed by atoms with van der Waals surface area (Å²) in [5.74, 6) is 0. The summed E-state index contributed by atoms with van der Waals surface area (Å²) < 4.78 is 0. The summed E-state index contributed by atoms with van der Waals surface area (Å²) in [5, 5.41) is 0. The molecule has 0 radical (unpaired) electrons. The maximum Gasteiger partial charge on any atom is 0.0185 e. The average Bonchev–Trinajstić information content (AvgIpc) is 2.19. The van der Waals surface area contributed by atoms with Crippen molar-refractivity contribution < 1.29 is 19.5 Å². The molecule has 0 fully saturated rings. The van der Waals surface area contributed by atoms with Gasteiger partial charge in [-0.15, -0.1) is 6.58 Å². The third-order valence-electron chi connectivity index (χ3n) is 1.03. The Kier molecular flexibility index (Phi) is 4.34. The van der Waals surface area contributed by atoms with Gasteiger partial charge in [-0.25, -0.2) is 0 Å². The molecule has 0 unspecified atom stereocenters. The van der Waals surface area contributed by atoms with E-state index in [1.165, 1.54) is 5.69 Å². The first kappa shape index (κ1) is 8.64. The molecular formula is C7H9NRu. The smallest absolute Gasteiger partial charge is 0.0185 e. The van der Waals surface area contributed by atoms with Crippen LogP contribution in [0.3, 0.4) is 0 Å². The molecule has 9 heavy (non-hydrogen) atoms. The molecule has 0 bridgehead atoms. The van der Waals surface area contributed by atoms with E-state index in [-0.39, 0.29) is 19.5 Å². The average molecular weight is 208 g/mol. The number of allylic oxidation sites excluding steroid dienone is 1. The standard InChI is InChI=1S/C7H9N.Ru/c1-2-4-7-5-3-6-8-7;/h2-3,5-6,8H,1,4H2;. The molecule has 0 aromatic carbocycles. The van der Waals surface area contributed by atoms with Crippen molar-refractivity contribution in [2.24, 2.45) is 0 Å². The molecule has 1 nitrogen and oxygen atoms in total. The maximum absolute atomic E-state index is 3.62. The number of aromatic amines is 1. The molecule has 50 valence electrons. The molecule has 0 saturated carbocycles. The molecule has 0 atom stereocenters. The zero-order valence-corrected chi connectivity index (χ0v) is 6.82. The van der Waals surface area contributed by atoms with Crippen molar-refractivity contribution >= 4 is 0 Å². The van der Waals surface area contributed by atoms with Crippen LogP contribution >= 0.6 is 0 Å². The van der Waals surface area contributed by atoms with Gasteiger partial charge in [-0.3, -0.25) is 0 Å². The maximum atomic E-state index is 3.62. The van der Waals surface area contributed by atoms with Crippen LogP contribution in [-0.2, 0) is 25.9 Å². The van der Waals surface area contributed by atoms with Crippen molar-refractivity contribution in [2.45, 2.75) is 6.42 Å². The van der Waals surface area contributed by atoms with Crippen molar-refractivity contribution in [2.75, 3.05) is 0 Å². The van der Waals surface area contributed by atoms with Gasteiger partial charge in [0.1, 0.15) is 0 Å². The molecule has 1 heterocycles. The molecule has 1 N–H and O–H groups in total. The van der Waals surface area contributed by atoms with Crippen LogP contribution in [0.4, 0.5) is 0 Å². The Morgan fingerprint density at radius 2 is 2.44 bits per heavy atom. The second kappa shape index (κ2) is 4.52. The van der Waals surface area contributed by atoms with E-state index in [0.717, 1.165) is 6.42 Å². The fourth-order valence-corrected chi connectivity index (χ4v) is 0.650. The Bertz CT molecular complexity index is 155. The number of hydrogen-bond donors (Lipinski definition) is 1. The van der Waals surface area contributed by atoms with Gasteiger partial charge in [0.05, 0.1) is 0 Å². The Morgan fingerprint density at radius 3 is 2.89 bits per heavy atom. The molecule has 2 heteroatoms. The van der Waals surface area contributed by atoms with E-state index in [2.05, 4.69) is 11.6 Å². The number of aromatic nitrogens is 1. The SMILES string of the molecule is C=CCc1ccc[nH]1.[Ru]. The predicted octanol–water partition coefficient (Wildman–Crippen LogP) is 1.74. The van der Waals surface area contributed by atoms with Crippen molar-refractivity contribution in [1.29, 1.82) is 0 Å². The molecule has 0 aliphatic carbocycles. The van der Waals surface area contributed by atoms with E-state index in [1.54, 1.807) is 0 Å². The van der Waals surface area contributed by atoms with Gasteiger partial charge in [-0.05, 0) is 12.1 Å². The first-order valence-electron chi connectivity index (χ1n) is 2.66. The second-order valence-corrected chi connectivity index (χ2v) is 1.69. The summed E-state index contributed by atoms with van der Waals surface area (Å²) in [7, 11) is 0. The molecule has 1 aromatic rings. The third-order valence-corrected chi connectivity index (χ3v) is 1.03. The van der Waals surface area contributed by atoms with E-state index in [9.17, 15) is 0 Å².